The van der Waals surface area contributed by atoms with Gasteiger partial charge in [-0.25, -0.2) is 9.97 Å². The number of nitrogen functional groups attached to an aromatic ring is 1. The molecule has 0 unspecified atom stereocenters. The van der Waals surface area contributed by atoms with E-state index in [-0.39, 0.29) is 17.1 Å². The summed E-state index contributed by atoms with van der Waals surface area (Å²) in [5, 5.41) is 12.7. The molecule has 7 heteroatoms. The summed E-state index contributed by atoms with van der Waals surface area (Å²) in [6.07, 6.45) is 1.35. The highest BCUT2D eigenvalue weighted by Gasteiger charge is 2.13. The van der Waals surface area contributed by atoms with Gasteiger partial charge in [-0.15, -0.1) is 0 Å². The van der Waals surface area contributed by atoms with E-state index in [1.54, 1.807) is 18.5 Å². The van der Waals surface area contributed by atoms with Crippen molar-refractivity contribution in [2.45, 2.75) is 20.4 Å². The first-order chi connectivity index (χ1) is 11.9. The van der Waals surface area contributed by atoms with Crippen LogP contribution in [0, 0.1) is 12.3 Å². The molecule has 0 saturated carbocycles. The van der Waals surface area contributed by atoms with Crippen molar-refractivity contribution >= 4 is 28.1 Å². The Balaban J connectivity index is 2.01. The molecule has 2 heterocycles. The number of aromatic nitrogens is 3. The van der Waals surface area contributed by atoms with E-state index in [0.717, 1.165) is 22.0 Å². The SMILES string of the molecule is CC(=N)c1c(N)ncnc1NCc1cc2cccc(C)c2c(=O)n1C. The highest BCUT2D eigenvalue weighted by atomic mass is 16.1. The normalized spacial score (nSPS) is 10.8. The maximum atomic E-state index is 12.7. The molecule has 0 aliphatic carbocycles. The standard InChI is InChI=1S/C18H20N6O/c1-10-5-4-6-12-7-13(24(3)18(25)14(10)12)8-21-17-15(11(2)19)16(20)22-9-23-17/h4-7,9,19H,8H2,1-3H3,(H3,20,21,22,23). The summed E-state index contributed by atoms with van der Waals surface area (Å²) in [7, 11) is 1.75. The summed E-state index contributed by atoms with van der Waals surface area (Å²) in [6.45, 7) is 3.95. The number of anilines is 2. The van der Waals surface area contributed by atoms with Crippen LogP contribution in [0.25, 0.3) is 10.8 Å². The smallest absolute Gasteiger partial charge is 0.258 e. The number of pyridine rings is 1. The summed E-state index contributed by atoms with van der Waals surface area (Å²) in [4.78, 5) is 20.8. The van der Waals surface area contributed by atoms with E-state index in [1.807, 2.05) is 31.2 Å². The first-order valence-corrected chi connectivity index (χ1v) is 7.88. The Kier molecular flexibility index (Phi) is 4.22. The van der Waals surface area contributed by atoms with Crippen LogP contribution in [0.2, 0.25) is 0 Å². The second kappa shape index (κ2) is 6.35. The number of hydrogen-bond donors (Lipinski definition) is 3. The minimum atomic E-state index is -0.0296. The molecule has 0 fully saturated rings. The third-order valence-corrected chi connectivity index (χ3v) is 4.27. The number of nitrogens with zero attached hydrogens (tertiary/aromatic N) is 3. The third kappa shape index (κ3) is 2.96. The molecule has 0 aliphatic heterocycles. The molecule has 0 radical (unpaired) electrons. The van der Waals surface area contributed by atoms with E-state index in [1.165, 1.54) is 6.33 Å². The maximum Gasteiger partial charge on any atom is 0.258 e. The number of aryl methyl sites for hydroxylation is 1. The minimum absolute atomic E-state index is 0.0296. The van der Waals surface area contributed by atoms with Crippen LogP contribution >= 0.6 is 0 Å². The predicted molar refractivity (Wildman–Crippen MR) is 100 cm³/mol. The molecule has 25 heavy (non-hydrogen) atoms. The van der Waals surface area contributed by atoms with E-state index in [0.29, 0.717) is 17.9 Å². The van der Waals surface area contributed by atoms with Gasteiger partial charge in [0.2, 0.25) is 0 Å². The summed E-state index contributed by atoms with van der Waals surface area (Å²) in [5.41, 5.74) is 8.35. The molecule has 7 nitrogen and oxygen atoms in total. The summed E-state index contributed by atoms with van der Waals surface area (Å²) in [6, 6.07) is 7.79. The van der Waals surface area contributed by atoms with Crippen LogP contribution in [0.4, 0.5) is 11.6 Å². The molecule has 1 aromatic carbocycles. The predicted octanol–water partition coefficient (Wildman–Crippen LogP) is 2.22. The first kappa shape index (κ1) is 16.6. The zero-order chi connectivity index (χ0) is 18.1. The fourth-order valence-corrected chi connectivity index (χ4v) is 2.92. The Morgan fingerprint density at radius 2 is 2.12 bits per heavy atom. The number of hydrogen-bond acceptors (Lipinski definition) is 6. The van der Waals surface area contributed by atoms with Crippen LogP contribution in [0.3, 0.4) is 0 Å². The maximum absolute atomic E-state index is 12.7. The molecule has 128 valence electrons. The highest BCUT2D eigenvalue weighted by molar-refractivity contribution is 6.04. The molecule has 0 aliphatic rings. The van der Waals surface area contributed by atoms with Crippen molar-refractivity contribution in [1.82, 2.24) is 14.5 Å². The molecule has 4 N–H and O–H groups in total. The second-order valence-electron chi connectivity index (χ2n) is 6.00. The van der Waals surface area contributed by atoms with Crippen molar-refractivity contribution in [3.05, 3.63) is 57.8 Å². The third-order valence-electron chi connectivity index (χ3n) is 4.27. The molecule has 0 atom stereocenters. The van der Waals surface area contributed by atoms with Gasteiger partial charge >= 0.3 is 0 Å². The van der Waals surface area contributed by atoms with E-state index >= 15 is 0 Å². The topological polar surface area (TPSA) is 110 Å². The van der Waals surface area contributed by atoms with Gasteiger partial charge in [0.25, 0.3) is 5.56 Å². The molecule has 0 bridgehead atoms. The van der Waals surface area contributed by atoms with Crippen LogP contribution < -0.4 is 16.6 Å². The summed E-state index contributed by atoms with van der Waals surface area (Å²) < 4.78 is 1.63. The van der Waals surface area contributed by atoms with Crippen LogP contribution in [-0.4, -0.2) is 20.2 Å². The average Bonchev–Trinajstić information content (AvgIpc) is 2.56. The fourth-order valence-electron chi connectivity index (χ4n) is 2.92. The van der Waals surface area contributed by atoms with E-state index in [4.69, 9.17) is 11.1 Å². The van der Waals surface area contributed by atoms with Gasteiger partial charge in [-0.05, 0) is 30.9 Å². The van der Waals surface area contributed by atoms with Gasteiger partial charge in [-0.1, -0.05) is 18.2 Å². The number of nitrogens with one attached hydrogen (secondary N) is 2. The lowest BCUT2D eigenvalue weighted by atomic mass is 10.1. The summed E-state index contributed by atoms with van der Waals surface area (Å²) in [5.74, 6) is 0.741. The van der Waals surface area contributed by atoms with E-state index < -0.39 is 0 Å². The van der Waals surface area contributed by atoms with E-state index in [9.17, 15) is 4.79 Å². The number of rotatable bonds is 4. The van der Waals surface area contributed by atoms with Gasteiger partial charge in [0, 0.05) is 18.5 Å². The van der Waals surface area contributed by atoms with Crippen molar-refractivity contribution in [2.75, 3.05) is 11.1 Å². The molecule has 0 spiro atoms. The zero-order valence-electron chi connectivity index (χ0n) is 14.4. The fraction of sp³-hybridized carbons (Fsp3) is 0.222. The highest BCUT2D eigenvalue weighted by Crippen LogP contribution is 2.20. The molecule has 2 aromatic heterocycles. The largest absolute Gasteiger partial charge is 0.383 e. The average molecular weight is 336 g/mol. The van der Waals surface area contributed by atoms with Crippen molar-refractivity contribution in [1.29, 1.82) is 5.41 Å². The molecular weight excluding hydrogens is 316 g/mol. The molecular formula is C18H20N6O. The lowest BCUT2D eigenvalue weighted by Crippen LogP contribution is -2.23. The Labute approximate surface area is 145 Å². The molecule has 3 aromatic rings. The van der Waals surface area contributed by atoms with Crippen molar-refractivity contribution in [2.24, 2.45) is 7.05 Å². The van der Waals surface area contributed by atoms with Crippen LogP contribution in [-0.2, 0) is 13.6 Å². The van der Waals surface area contributed by atoms with Gasteiger partial charge in [0.05, 0.1) is 17.5 Å². The first-order valence-electron chi connectivity index (χ1n) is 7.88. The Bertz CT molecular complexity index is 1040. The van der Waals surface area contributed by atoms with Crippen molar-refractivity contribution < 1.29 is 0 Å². The lowest BCUT2D eigenvalue weighted by molar-refractivity contribution is 0.794. The molecule has 0 amide bonds. The Hall–Kier alpha value is -3.22. The number of benzene rings is 1. The van der Waals surface area contributed by atoms with Gasteiger partial charge in [0.1, 0.15) is 18.0 Å². The van der Waals surface area contributed by atoms with Gasteiger partial charge in [-0.2, -0.15) is 0 Å². The van der Waals surface area contributed by atoms with Crippen molar-refractivity contribution in [3.63, 3.8) is 0 Å². The number of fused-ring (bicyclic) bond motifs is 1. The lowest BCUT2D eigenvalue weighted by Gasteiger charge is -2.15. The van der Waals surface area contributed by atoms with Crippen LogP contribution in [0.5, 0.6) is 0 Å². The molecule has 0 saturated heterocycles. The summed E-state index contributed by atoms with van der Waals surface area (Å²) >= 11 is 0. The monoisotopic (exact) mass is 336 g/mol. The Morgan fingerprint density at radius 1 is 1.36 bits per heavy atom. The quantitative estimate of drug-likeness (QED) is 0.633. The van der Waals surface area contributed by atoms with Crippen LogP contribution in [0.1, 0.15) is 23.7 Å². The van der Waals surface area contributed by atoms with E-state index in [2.05, 4.69) is 15.3 Å². The molecule has 3 rings (SSSR count). The minimum Gasteiger partial charge on any atom is -0.383 e. The second-order valence-corrected chi connectivity index (χ2v) is 6.00. The van der Waals surface area contributed by atoms with Gasteiger partial charge < -0.3 is 21.0 Å². The van der Waals surface area contributed by atoms with Crippen LogP contribution in [0.15, 0.2) is 35.4 Å². The van der Waals surface area contributed by atoms with Gasteiger partial charge in [0.15, 0.2) is 0 Å². The van der Waals surface area contributed by atoms with Crippen molar-refractivity contribution in [3.8, 4) is 0 Å². The zero-order valence-corrected chi connectivity index (χ0v) is 14.4. The Morgan fingerprint density at radius 3 is 2.84 bits per heavy atom. The number of nitrogens with two attached hydrogens (primary N) is 1. The van der Waals surface area contributed by atoms with Gasteiger partial charge in [-0.3, -0.25) is 4.79 Å².